The van der Waals surface area contributed by atoms with E-state index in [1.165, 1.54) is 30.4 Å². The van der Waals surface area contributed by atoms with Gasteiger partial charge in [-0.2, -0.15) is 23.5 Å². The second-order valence-electron chi connectivity index (χ2n) is 6.87. The average molecular weight is 480 g/mol. The first-order valence-corrected chi connectivity index (χ1v) is 12.5. The molecule has 4 atom stereocenters. The van der Waals surface area contributed by atoms with Crippen LogP contribution in [0.4, 0.5) is 0 Å². The number of hydrogen-bond donors (Lipinski definition) is 6. The fourth-order valence-electron chi connectivity index (χ4n) is 2.38. The first-order valence-electron chi connectivity index (χ1n) is 9.69. The maximum atomic E-state index is 12.6. The summed E-state index contributed by atoms with van der Waals surface area (Å²) in [7, 11) is 0. The minimum absolute atomic E-state index is 0.0425. The molecular weight excluding hydrogens is 446 g/mol. The molecule has 0 aliphatic rings. The summed E-state index contributed by atoms with van der Waals surface area (Å²) in [5.41, 5.74) is 10.7. The molecule has 0 aliphatic carbocycles. The third kappa shape index (κ3) is 12.5. The van der Waals surface area contributed by atoms with Crippen LogP contribution >= 0.6 is 23.5 Å². The number of thioether (sulfide) groups is 2. The van der Waals surface area contributed by atoms with Crippen LogP contribution in [-0.4, -0.2) is 82.9 Å². The van der Waals surface area contributed by atoms with Crippen molar-refractivity contribution >= 4 is 53.1 Å². The molecule has 0 saturated heterocycles. The summed E-state index contributed by atoms with van der Waals surface area (Å²) in [5, 5.41) is 16.7. The van der Waals surface area contributed by atoms with Gasteiger partial charge in [-0.1, -0.05) is 0 Å². The lowest BCUT2D eigenvalue weighted by Crippen LogP contribution is -2.56. The van der Waals surface area contributed by atoms with Crippen LogP contribution in [0, 0.1) is 0 Å². The number of nitrogens with two attached hydrogens (primary N) is 2. The largest absolute Gasteiger partial charge is 0.480 e. The first-order chi connectivity index (χ1) is 14.5. The Bertz CT molecular complexity index is 637. The summed E-state index contributed by atoms with van der Waals surface area (Å²) in [5.74, 6) is -2.48. The van der Waals surface area contributed by atoms with Crippen molar-refractivity contribution in [3.8, 4) is 0 Å². The molecule has 0 aromatic carbocycles. The second kappa shape index (κ2) is 15.8. The first kappa shape index (κ1) is 29.0. The molecule has 4 amide bonds. The number of hydrogen-bond acceptors (Lipinski definition) is 8. The van der Waals surface area contributed by atoms with Gasteiger partial charge in [0.25, 0.3) is 0 Å². The van der Waals surface area contributed by atoms with E-state index in [2.05, 4.69) is 16.0 Å². The van der Waals surface area contributed by atoms with Crippen molar-refractivity contribution in [2.45, 2.75) is 56.8 Å². The predicted octanol–water partition coefficient (Wildman–Crippen LogP) is -1.36. The average Bonchev–Trinajstić information content (AvgIpc) is 2.71. The smallest absolute Gasteiger partial charge is 0.326 e. The van der Waals surface area contributed by atoms with Crippen molar-refractivity contribution in [1.29, 1.82) is 0 Å². The summed E-state index contributed by atoms with van der Waals surface area (Å²) in [4.78, 5) is 59.3. The Kier molecular flexibility index (Phi) is 14.7. The van der Waals surface area contributed by atoms with Gasteiger partial charge in [-0.05, 0) is 50.2 Å². The lowest BCUT2D eigenvalue weighted by atomic mass is 10.1. The Morgan fingerprint density at radius 2 is 1.35 bits per heavy atom. The van der Waals surface area contributed by atoms with Crippen molar-refractivity contribution in [2.24, 2.45) is 11.5 Å². The summed E-state index contributed by atoms with van der Waals surface area (Å²) >= 11 is 2.93. The number of aliphatic carboxylic acids is 1. The van der Waals surface area contributed by atoms with Gasteiger partial charge >= 0.3 is 5.97 Å². The lowest BCUT2D eigenvalue weighted by molar-refractivity contribution is -0.142. The molecule has 13 heteroatoms. The van der Waals surface area contributed by atoms with Gasteiger partial charge in [0, 0.05) is 6.42 Å². The molecule has 0 aromatic rings. The van der Waals surface area contributed by atoms with Gasteiger partial charge in [-0.25, -0.2) is 4.79 Å². The van der Waals surface area contributed by atoms with Crippen LogP contribution in [0.5, 0.6) is 0 Å². The van der Waals surface area contributed by atoms with E-state index in [9.17, 15) is 29.1 Å². The van der Waals surface area contributed by atoms with E-state index in [0.717, 1.165) is 0 Å². The third-order valence-corrected chi connectivity index (χ3v) is 5.55. The Morgan fingerprint density at radius 1 is 0.839 bits per heavy atom. The number of carboxylic acids is 1. The number of carbonyl (C=O) groups is 5. The Hall–Kier alpha value is -1.99. The normalized spacial score (nSPS) is 14.6. The van der Waals surface area contributed by atoms with Crippen molar-refractivity contribution in [2.75, 3.05) is 24.0 Å². The van der Waals surface area contributed by atoms with Gasteiger partial charge in [0.15, 0.2) is 0 Å². The number of carboxylic acid groups (broad SMARTS) is 1. The predicted molar refractivity (Wildman–Crippen MR) is 122 cm³/mol. The minimum atomic E-state index is -1.15. The molecule has 0 radical (unpaired) electrons. The fraction of sp³-hybridized carbons (Fsp3) is 0.722. The van der Waals surface area contributed by atoms with E-state index in [1.807, 2.05) is 12.5 Å². The molecule has 0 heterocycles. The molecule has 0 rings (SSSR count). The number of rotatable bonds is 16. The van der Waals surface area contributed by atoms with E-state index >= 15 is 0 Å². The molecule has 11 nitrogen and oxygen atoms in total. The number of nitrogens with one attached hydrogen (secondary N) is 3. The maximum Gasteiger partial charge on any atom is 0.326 e. The molecule has 0 aromatic heterocycles. The topological polar surface area (TPSA) is 194 Å². The van der Waals surface area contributed by atoms with Gasteiger partial charge in [-0.15, -0.1) is 0 Å². The highest BCUT2D eigenvalue weighted by molar-refractivity contribution is 7.98. The van der Waals surface area contributed by atoms with Crippen LogP contribution in [0.25, 0.3) is 0 Å². The molecule has 178 valence electrons. The van der Waals surface area contributed by atoms with Crippen molar-refractivity contribution in [1.82, 2.24) is 16.0 Å². The molecule has 4 unspecified atom stereocenters. The molecule has 0 bridgehead atoms. The van der Waals surface area contributed by atoms with Crippen molar-refractivity contribution < 1.29 is 29.1 Å². The maximum absolute atomic E-state index is 12.6. The summed E-state index contributed by atoms with van der Waals surface area (Å²) < 4.78 is 0. The van der Waals surface area contributed by atoms with Crippen LogP contribution in [-0.2, 0) is 24.0 Å². The lowest BCUT2D eigenvalue weighted by Gasteiger charge is -2.23. The number of amides is 4. The van der Waals surface area contributed by atoms with Gasteiger partial charge in [0.05, 0.1) is 6.04 Å². The van der Waals surface area contributed by atoms with Gasteiger partial charge in [0.1, 0.15) is 18.1 Å². The van der Waals surface area contributed by atoms with E-state index in [1.54, 1.807) is 0 Å². The van der Waals surface area contributed by atoms with Crippen molar-refractivity contribution in [3.63, 3.8) is 0 Å². The second-order valence-corrected chi connectivity index (χ2v) is 8.84. The van der Waals surface area contributed by atoms with Crippen LogP contribution in [0.2, 0.25) is 0 Å². The summed E-state index contributed by atoms with van der Waals surface area (Å²) in [6.07, 6.45) is 4.19. The highest BCUT2D eigenvalue weighted by atomic mass is 32.2. The number of carbonyl (C=O) groups excluding carboxylic acids is 4. The van der Waals surface area contributed by atoms with Gasteiger partial charge in [0.2, 0.25) is 23.6 Å². The summed E-state index contributed by atoms with van der Waals surface area (Å²) in [6, 6.07) is -4.03. The molecular formula is C18H33N5O6S2. The van der Waals surface area contributed by atoms with E-state index in [4.69, 9.17) is 11.5 Å². The zero-order chi connectivity index (χ0) is 24.0. The fourth-order valence-corrected chi connectivity index (χ4v) is 3.32. The molecule has 31 heavy (non-hydrogen) atoms. The van der Waals surface area contributed by atoms with E-state index in [-0.39, 0.29) is 25.7 Å². The zero-order valence-corrected chi connectivity index (χ0v) is 19.6. The number of primary amides is 1. The van der Waals surface area contributed by atoms with E-state index < -0.39 is 53.8 Å². The van der Waals surface area contributed by atoms with Crippen molar-refractivity contribution in [3.05, 3.63) is 0 Å². The molecule has 0 aliphatic heterocycles. The van der Waals surface area contributed by atoms with Crippen LogP contribution in [0.15, 0.2) is 0 Å². The van der Waals surface area contributed by atoms with Gasteiger partial charge < -0.3 is 32.5 Å². The highest BCUT2D eigenvalue weighted by Gasteiger charge is 2.28. The zero-order valence-electron chi connectivity index (χ0n) is 18.0. The Labute approximate surface area is 190 Å². The van der Waals surface area contributed by atoms with Gasteiger partial charge in [-0.3, -0.25) is 19.2 Å². The van der Waals surface area contributed by atoms with Crippen LogP contribution in [0.1, 0.15) is 32.6 Å². The minimum Gasteiger partial charge on any atom is -0.480 e. The standard InChI is InChI=1S/C18H33N5O6S2/c1-10(21-16(26)11(19)4-5-14(20)24)15(25)22-12(6-8-30-2)17(27)23-13(18(28)29)7-9-31-3/h10-13H,4-9,19H2,1-3H3,(H2,20,24)(H,21,26)(H,22,25)(H,23,27)(H,28,29). The molecule has 0 spiro atoms. The SMILES string of the molecule is CSCCC(NC(=O)C(CCSC)NC(=O)C(C)NC(=O)C(N)CCC(N)=O)C(=O)O. The van der Waals surface area contributed by atoms with E-state index in [0.29, 0.717) is 11.5 Å². The summed E-state index contributed by atoms with van der Waals surface area (Å²) in [6.45, 7) is 1.43. The van der Waals surface area contributed by atoms with Crippen LogP contribution in [0.3, 0.4) is 0 Å². The highest BCUT2D eigenvalue weighted by Crippen LogP contribution is 2.05. The Balaban J connectivity index is 4.98. The van der Waals surface area contributed by atoms with Crippen LogP contribution < -0.4 is 27.4 Å². The molecule has 8 N–H and O–H groups in total. The Morgan fingerprint density at radius 3 is 1.84 bits per heavy atom. The quantitative estimate of drug-likeness (QED) is 0.155. The monoisotopic (exact) mass is 479 g/mol. The molecule has 0 saturated carbocycles. The molecule has 0 fully saturated rings. The third-order valence-electron chi connectivity index (χ3n) is 4.26.